The number of hydrogen-bond donors (Lipinski definition) is 3. The Morgan fingerprint density at radius 2 is 1.84 bits per heavy atom. The predicted molar refractivity (Wildman–Crippen MR) is 77.7 cm³/mol. The van der Waals surface area contributed by atoms with E-state index in [-0.39, 0.29) is 0 Å². The number of benzene rings is 1. The van der Waals surface area contributed by atoms with Gasteiger partial charge in [0.1, 0.15) is 0 Å². The largest absolute Gasteiger partial charge is 0.369 e. The molecule has 0 aliphatic carbocycles. The van der Waals surface area contributed by atoms with E-state index in [4.69, 9.17) is 0 Å². The molecule has 0 spiro atoms. The fourth-order valence-electron chi connectivity index (χ4n) is 2.04. The third-order valence-electron chi connectivity index (χ3n) is 2.94. The molecule has 1 aliphatic rings. The van der Waals surface area contributed by atoms with Crippen molar-refractivity contribution < 1.29 is 8.42 Å². The van der Waals surface area contributed by atoms with Crippen LogP contribution in [0.5, 0.6) is 0 Å². The van der Waals surface area contributed by atoms with E-state index in [9.17, 15) is 8.42 Å². The van der Waals surface area contributed by atoms with Crippen LogP contribution in [0, 0.1) is 0 Å². The summed E-state index contributed by atoms with van der Waals surface area (Å²) in [4.78, 5) is 2.28. The molecule has 0 radical (unpaired) electrons. The van der Waals surface area contributed by atoms with Crippen molar-refractivity contribution in [3.05, 3.63) is 24.3 Å². The zero-order chi connectivity index (χ0) is 13.7. The SMILES string of the molecule is CCNS(=O)(=O)Nc1ccc(N2CCNCC2)cc1. The first-order valence-electron chi connectivity index (χ1n) is 6.44. The lowest BCUT2D eigenvalue weighted by Gasteiger charge is -2.29. The molecule has 1 fully saturated rings. The molecule has 3 N–H and O–H groups in total. The van der Waals surface area contributed by atoms with Crippen LogP contribution in [-0.2, 0) is 10.2 Å². The van der Waals surface area contributed by atoms with Crippen molar-refractivity contribution >= 4 is 21.6 Å². The second kappa shape index (κ2) is 6.23. The molecule has 2 rings (SSSR count). The zero-order valence-electron chi connectivity index (χ0n) is 11.0. The van der Waals surface area contributed by atoms with Crippen LogP contribution in [0.4, 0.5) is 11.4 Å². The highest BCUT2D eigenvalue weighted by Crippen LogP contribution is 2.18. The summed E-state index contributed by atoms with van der Waals surface area (Å²) in [5.41, 5.74) is 1.69. The second-order valence-corrected chi connectivity index (χ2v) is 5.89. The van der Waals surface area contributed by atoms with Crippen molar-refractivity contribution in [2.45, 2.75) is 6.92 Å². The average Bonchev–Trinajstić information content (AvgIpc) is 2.40. The van der Waals surface area contributed by atoms with Crippen molar-refractivity contribution in [2.24, 2.45) is 0 Å². The predicted octanol–water partition coefficient (Wildman–Crippen LogP) is 0.362. The van der Waals surface area contributed by atoms with Crippen molar-refractivity contribution in [1.82, 2.24) is 10.0 Å². The topological polar surface area (TPSA) is 73.5 Å². The Labute approximate surface area is 114 Å². The van der Waals surface area contributed by atoms with Crippen LogP contribution in [0.15, 0.2) is 24.3 Å². The molecule has 0 bridgehead atoms. The fraction of sp³-hybridized carbons (Fsp3) is 0.500. The van der Waals surface area contributed by atoms with Crippen molar-refractivity contribution in [1.29, 1.82) is 0 Å². The van der Waals surface area contributed by atoms with Gasteiger partial charge in [0.15, 0.2) is 0 Å². The lowest BCUT2D eigenvalue weighted by molar-refractivity contribution is 0.589. The highest BCUT2D eigenvalue weighted by Gasteiger charge is 2.11. The third-order valence-corrected chi connectivity index (χ3v) is 4.11. The number of nitrogens with one attached hydrogen (secondary N) is 3. The summed E-state index contributed by atoms with van der Waals surface area (Å²) in [5.74, 6) is 0. The Hall–Kier alpha value is -1.31. The second-order valence-electron chi connectivity index (χ2n) is 4.39. The first-order valence-corrected chi connectivity index (χ1v) is 7.92. The van der Waals surface area contributed by atoms with Gasteiger partial charge in [-0.1, -0.05) is 6.92 Å². The summed E-state index contributed by atoms with van der Waals surface area (Å²) < 4.78 is 28.0. The van der Waals surface area contributed by atoms with E-state index in [0.29, 0.717) is 12.2 Å². The van der Waals surface area contributed by atoms with Crippen LogP contribution in [0.1, 0.15) is 6.92 Å². The monoisotopic (exact) mass is 284 g/mol. The standard InChI is InChI=1S/C12H20N4O2S/c1-2-14-19(17,18)15-11-3-5-12(6-4-11)16-9-7-13-8-10-16/h3-6,13-15H,2,7-10H2,1H3. The summed E-state index contributed by atoms with van der Waals surface area (Å²) in [7, 11) is -3.45. The average molecular weight is 284 g/mol. The van der Waals surface area contributed by atoms with Gasteiger partial charge in [-0.25, -0.2) is 0 Å². The summed E-state index contributed by atoms with van der Waals surface area (Å²) >= 11 is 0. The van der Waals surface area contributed by atoms with Gasteiger partial charge in [0, 0.05) is 44.1 Å². The van der Waals surface area contributed by atoms with Gasteiger partial charge in [-0.2, -0.15) is 13.1 Å². The molecule has 1 heterocycles. The maximum atomic E-state index is 11.5. The first-order chi connectivity index (χ1) is 9.11. The maximum Gasteiger partial charge on any atom is 0.299 e. The first kappa shape index (κ1) is 14.1. The van der Waals surface area contributed by atoms with Crippen LogP contribution < -0.4 is 19.7 Å². The number of nitrogens with zero attached hydrogens (tertiary/aromatic N) is 1. The van der Waals surface area contributed by atoms with Gasteiger partial charge in [0.05, 0.1) is 0 Å². The zero-order valence-corrected chi connectivity index (χ0v) is 11.8. The van der Waals surface area contributed by atoms with Gasteiger partial charge in [0.25, 0.3) is 10.2 Å². The third kappa shape index (κ3) is 4.09. The molecule has 1 aromatic carbocycles. The van der Waals surface area contributed by atoms with E-state index in [1.165, 1.54) is 0 Å². The Kier molecular flexibility index (Phi) is 4.62. The Bertz CT molecular complexity index is 495. The van der Waals surface area contributed by atoms with Gasteiger partial charge >= 0.3 is 0 Å². The highest BCUT2D eigenvalue weighted by molar-refractivity contribution is 7.90. The van der Waals surface area contributed by atoms with Crippen molar-refractivity contribution in [3.63, 3.8) is 0 Å². The molecule has 1 aliphatic heterocycles. The van der Waals surface area contributed by atoms with Gasteiger partial charge in [-0.15, -0.1) is 0 Å². The van der Waals surface area contributed by atoms with Gasteiger partial charge in [-0.3, -0.25) is 4.72 Å². The summed E-state index contributed by atoms with van der Waals surface area (Å²) in [6.45, 7) is 6.02. The number of anilines is 2. The normalized spacial score (nSPS) is 16.4. The Morgan fingerprint density at radius 1 is 1.21 bits per heavy atom. The minimum absolute atomic E-state index is 0.369. The van der Waals surface area contributed by atoms with Crippen LogP contribution in [0.3, 0.4) is 0 Å². The molecular formula is C12H20N4O2S. The summed E-state index contributed by atoms with van der Waals surface area (Å²) in [5, 5.41) is 3.30. The number of piperazine rings is 1. The van der Waals surface area contributed by atoms with Crippen LogP contribution in [0.25, 0.3) is 0 Å². The number of hydrogen-bond acceptors (Lipinski definition) is 4. The molecule has 19 heavy (non-hydrogen) atoms. The molecule has 106 valence electrons. The van der Waals surface area contributed by atoms with Crippen molar-refractivity contribution in [2.75, 3.05) is 42.3 Å². The van der Waals surface area contributed by atoms with E-state index in [2.05, 4.69) is 19.7 Å². The summed E-state index contributed by atoms with van der Waals surface area (Å²) in [6.07, 6.45) is 0. The highest BCUT2D eigenvalue weighted by atomic mass is 32.2. The molecule has 0 aromatic heterocycles. The van der Waals surface area contributed by atoms with Gasteiger partial charge in [0.2, 0.25) is 0 Å². The number of rotatable bonds is 5. The lowest BCUT2D eigenvalue weighted by Crippen LogP contribution is -2.43. The minimum atomic E-state index is -3.45. The van der Waals surface area contributed by atoms with Crippen LogP contribution in [-0.4, -0.2) is 41.1 Å². The molecule has 1 saturated heterocycles. The summed E-state index contributed by atoms with van der Waals surface area (Å²) in [6, 6.07) is 7.45. The smallest absolute Gasteiger partial charge is 0.299 e. The molecule has 0 saturated carbocycles. The van der Waals surface area contributed by atoms with Crippen LogP contribution >= 0.6 is 0 Å². The minimum Gasteiger partial charge on any atom is -0.369 e. The van der Waals surface area contributed by atoms with E-state index in [0.717, 1.165) is 31.9 Å². The quantitative estimate of drug-likeness (QED) is 0.730. The van der Waals surface area contributed by atoms with Gasteiger partial charge < -0.3 is 10.2 Å². The van der Waals surface area contributed by atoms with E-state index >= 15 is 0 Å². The van der Waals surface area contributed by atoms with Crippen molar-refractivity contribution in [3.8, 4) is 0 Å². The molecule has 1 aromatic rings. The Morgan fingerprint density at radius 3 is 2.42 bits per heavy atom. The van der Waals surface area contributed by atoms with E-state index < -0.39 is 10.2 Å². The van der Waals surface area contributed by atoms with E-state index in [1.54, 1.807) is 19.1 Å². The van der Waals surface area contributed by atoms with Gasteiger partial charge in [-0.05, 0) is 24.3 Å². The fourth-order valence-corrected chi connectivity index (χ4v) is 2.94. The maximum absolute atomic E-state index is 11.5. The lowest BCUT2D eigenvalue weighted by atomic mass is 10.2. The van der Waals surface area contributed by atoms with E-state index in [1.807, 2.05) is 12.1 Å². The molecule has 0 atom stereocenters. The molecular weight excluding hydrogens is 264 g/mol. The molecule has 6 nitrogen and oxygen atoms in total. The molecule has 7 heteroatoms. The molecule has 0 unspecified atom stereocenters. The molecule has 0 amide bonds. The van der Waals surface area contributed by atoms with Crippen LogP contribution in [0.2, 0.25) is 0 Å². The Balaban J connectivity index is 2.02.